The molecule has 2 aromatic rings. The van der Waals surface area contributed by atoms with Crippen molar-refractivity contribution in [2.75, 3.05) is 13.1 Å². The van der Waals surface area contributed by atoms with Crippen molar-refractivity contribution in [1.82, 2.24) is 15.2 Å². The molecule has 0 aliphatic carbocycles. The van der Waals surface area contributed by atoms with E-state index in [0.717, 1.165) is 12.8 Å². The molecule has 8 nitrogen and oxygen atoms in total. The maximum Gasteiger partial charge on any atom is 0.305 e. The van der Waals surface area contributed by atoms with Gasteiger partial charge >= 0.3 is 5.91 Å². The third-order valence-corrected chi connectivity index (χ3v) is 6.44. The molecule has 3 rings (SSSR count). The third-order valence-electron chi connectivity index (χ3n) is 4.53. The van der Waals surface area contributed by atoms with Crippen molar-refractivity contribution in [1.29, 1.82) is 0 Å². The number of nitrogens with one attached hydrogen (secondary N) is 2. The first kappa shape index (κ1) is 19.1. The molecule has 0 saturated carbocycles. The highest BCUT2D eigenvalue weighted by atomic mass is 32.2. The number of hydrogen-bond donors (Lipinski definition) is 2. The highest BCUT2D eigenvalue weighted by Gasteiger charge is 2.28. The molecule has 1 aromatic carbocycles. The normalized spacial score (nSPS) is 16.0. The molecule has 0 bridgehead atoms. The van der Waals surface area contributed by atoms with E-state index in [1.54, 1.807) is 6.07 Å². The fourth-order valence-electron chi connectivity index (χ4n) is 2.81. The van der Waals surface area contributed by atoms with Gasteiger partial charge in [-0.1, -0.05) is 6.92 Å². The minimum absolute atomic E-state index is 0.0626. The van der Waals surface area contributed by atoms with Crippen LogP contribution in [0.3, 0.4) is 0 Å². The quantitative estimate of drug-likeness (QED) is 0.772. The van der Waals surface area contributed by atoms with E-state index in [0.29, 0.717) is 19.0 Å². The van der Waals surface area contributed by atoms with Crippen LogP contribution in [0, 0.1) is 5.92 Å². The smallest absolute Gasteiger partial charge is 0.305 e. The zero-order valence-corrected chi connectivity index (χ0v) is 15.7. The minimum atomic E-state index is -3.56. The molecule has 0 radical (unpaired) electrons. The third kappa shape index (κ3) is 4.37. The van der Waals surface area contributed by atoms with E-state index in [2.05, 4.69) is 17.8 Å². The second kappa shape index (κ2) is 7.93. The molecule has 1 saturated heterocycles. The molecule has 2 amide bonds. The lowest BCUT2D eigenvalue weighted by Crippen LogP contribution is -2.41. The van der Waals surface area contributed by atoms with Gasteiger partial charge in [0.05, 0.1) is 11.2 Å². The molecule has 0 unspecified atom stereocenters. The molecule has 144 valence electrons. The molecular formula is C18H21N3O5S. The predicted octanol–water partition coefficient (Wildman–Crippen LogP) is 1.78. The lowest BCUT2D eigenvalue weighted by Gasteiger charge is -2.29. The number of hydrazine groups is 1. The molecule has 1 aliphatic rings. The SMILES string of the molecule is CC1CCN(S(=O)(=O)c2ccc(C(=O)NNC(=O)c3ccco3)cc2)CC1. The first-order valence-electron chi connectivity index (χ1n) is 8.62. The van der Waals surface area contributed by atoms with Crippen molar-refractivity contribution in [3.8, 4) is 0 Å². The summed E-state index contributed by atoms with van der Waals surface area (Å²) < 4.78 is 31.8. The van der Waals surface area contributed by atoms with E-state index in [1.807, 2.05) is 0 Å². The van der Waals surface area contributed by atoms with E-state index < -0.39 is 21.8 Å². The van der Waals surface area contributed by atoms with Gasteiger partial charge in [-0.25, -0.2) is 8.42 Å². The van der Waals surface area contributed by atoms with Crippen LogP contribution >= 0.6 is 0 Å². The highest BCUT2D eigenvalue weighted by molar-refractivity contribution is 7.89. The Bertz CT molecular complexity index is 899. The predicted molar refractivity (Wildman–Crippen MR) is 97.2 cm³/mol. The zero-order valence-electron chi connectivity index (χ0n) is 14.8. The number of carbonyl (C=O) groups is 2. The molecule has 9 heteroatoms. The summed E-state index contributed by atoms with van der Waals surface area (Å²) >= 11 is 0. The summed E-state index contributed by atoms with van der Waals surface area (Å²) in [6.07, 6.45) is 3.03. The average molecular weight is 391 g/mol. The van der Waals surface area contributed by atoms with E-state index in [-0.39, 0.29) is 16.2 Å². The molecule has 2 heterocycles. The number of hydrogen-bond acceptors (Lipinski definition) is 5. The Morgan fingerprint density at radius 3 is 2.26 bits per heavy atom. The Morgan fingerprint density at radius 1 is 1.04 bits per heavy atom. The molecule has 27 heavy (non-hydrogen) atoms. The van der Waals surface area contributed by atoms with Crippen LogP contribution in [-0.4, -0.2) is 37.6 Å². The summed E-state index contributed by atoms with van der Waals surface area (Å²) in [5.41, 5.74) is 4.70. The number of nitrogens with zero attached hydrogens (tertiary/aromatic N) is 1. The lowest BCUT2D eigenvalue weighted by atomic mass is 10.0. The monoisotopic (exact) mass is 391 g/mol. The van der Waals surface area contributed by atoms with Gasteiger partial charge in [0.1, 0.15) is 0 Å². The van der Waals surface area contributed by atoms with Crippen LogP contribution in [0.15, 0.2) is 52.0 Å². The largest absolute Gasteiger partial charge is 0.459 e. The second-order valence-electron chi connectivity index (χ2n) is 6.50. The van der Waals surface area contributed by atoms with Crippen molar-refractivity contribution in [3.05, 3.63) is 54.0 Å². The van der Waals surface area contributed by atoms with Crippen LogP contribution in [0.2, 0.25) is 0 Å². The average Bonchev–Trinajstić information content (AvgIpc) is 3.21. The van der Waals surface area contributed by atoms with Crippen molar-refractivity contribution >= 4 is 21.8 Å². The Kier molecular flexibility index (Phi) is 5.62. The Morgan fingerprint density at radius 2 is 1.67 bits per heavy atom. The van der Waals surface area contributed by atoms with Crippen LogP contribution in [0.1, 0.15) is 40.7 Å². The Labute approximate surface area is 157 Å². The molecule has 0 spiro atoms. The van der Waals surface area contributed by atoms with Gasteiger partial charge in [0.15, 0.2) is 5.76 Å². The van der Waals surface area contributed by atoms with Gasteiger partial charge in [-0.15, -0.1) is 0 Å². The molecule has 1 fully saturated rings. The molecule has 1 aliphatic heterocycles. The second-order valence-corrected chi connectivity index (χ2v) is 8.43. The number of sulfonamides is 1. The summed E-state index contributed by atoms with van der Waals surface area (Å²) in [6.45, 7) is 3.12. The number of amides is 2. The van der Waals surface area contributed by atoms with E-state index >= 15 is 0 Å². The first-order valence-corrected chi connectivity index (χ1v) is 10.1. The van der Waals surface area contributed by atoms with Gasteiger partial charge in [-0.3, -0.25) is 20.4 Å². The summed E-state index contributed by atoms with van der Waals surface area (Å²) in [7, 11) is -3.56. The number of rotatable bonds is 4. The van der Waals surface area contributed by atoms with Gasteiger partial charge in [0.2, 0.25) is 10.0 Å². The van der Waals surface area contributed by atoms with Crippen LogP contribution < -0.4 is 10.9 Å². The van der Waals surface area contributed by atoms with Crippen molar-refractivity contribution < 1.29 is 22.4 Å². The molecule has 1 aromatic heterocycles. The standard InChI is InChI=1S/C18H21N3O5S/c1-13-8-10-21(11-9-13)27(24,25)15-6-4-14(5-7-15)17(22)19-20-18(23)16-3-2-12-26-16/h2-7,12-13H,8-11H2,1H3,(H,19,22)(H,20,23). The molecular weight excluding hydrogens is 370 g/mol. The fourth-order valence-corrected chi connectivity index (χ4v) is 4.28. The first-order chi connectivity index (χ1) is 12.9. The van der Waals surface area contributed by atoms with E-state index in [1.165, 1.54) is 40.9 Å². The zero-order chi connectivity index (χ0) is 19.4. The van der Waals surface area contributed by atoms with Gasteiger partial charge in [-0.2, -0.15) is 4.31 Å². The van der Waals surface area contributed by atoms with Gasteiger partial charge in [0, 0.05) is 18.7 Å². The lowest BCUT2D eigenvalue weighted by molar-refractivity contribution is 0.0831. The van der Waals surface area contributed by atoms with Gasteiger partial charge in [0.25, 0.3) is 5.91 Å². The van der Waals surface area contributed by atoms with E-state index in [9.17, 15) is 18.0 Å². The van der Waals surface area contributed by atoms with Crippen molar-refractivity contribution in [2.24, 2.45) is 5.92 Å². The van der Waals surface area contributed by atoms with Crippen LogP contribution in [0.5, 0.6) is 0 Å². The van der Waals surface area contributed by atoms with E-state index in [4.69, 9.17) is 4.42 Å². The van der Waals surface area contributed by atoms with Crippen LogP contribution in [0.4, 0.5) is 0 Å². The summed E-state index contributed by atoms with van der Waals surface area (Å²) in [4.78, 5) is 24.0. The minimum Gasteiger partial charge on any atom is -0.459 e. The fraction of sp³-hybridized carbons (Fsp3) is 0.333. The molecule has 2 N–H and O–H groups in total. The summed E-state index contributed by atoms with van der Waals surface area (Å²) in [5.74, 6) is -0.566. The summed E-state index contributed by atoms with van der Waals surface area (Å²) in [6, 6.07) is 8.64. The van der Waals surface area contributed by atoms with Crippen LogP contribution in [0.25, 0.3) is 0 Å². The Balaban J connectivity index is 1.62. The topological polar surface area (TPSA) is 109 Å². The van der Waals surface area contributed by atoms with Crippen molar-refractivity contribution in [2.45, 2.75) is 24.7 Å². The number of piperidine rings is 1. The van der Waals surface area contributed by atoms with Gasteiger partial charge in [-0.05, 0) is 55.2 Å². The maximum absolute atomic E-state index is 12.7. The Hall–Kier alpha value is -2.65. The van der Waals surface area contributed by atoms with Crippen LogP contribution in [-0.2, 0) is 10.0 Å². The highest BCUT2D eigenvalue weighted by Crippen LogP contribution is 2.23. The maximum atomic E-state index is 12.7. The van der Waals surface area contributed by atoms with Gasteiger partial charge < -0.3 is 4.42 Å². The number of benzene rings is 1. The molecule has 0 atom stereocenters. The number of furan rings is 1. The summed E-state index contributed by atoms with van der Waals surface area (Å²) in [5, 5.41) is 0. The van der Waals surface area contributed by atoms with Crippen molar-refractivity contribution in [3.63, 3.8) is 0 Å². The number of carbonyl (C=O) groups excluding carboxylic acids is 2.